The summed E-state index contributed by atoms with van der Waals surface area (Å²) in [5.41, 5.74) is 2.59. The molecule has 0 aliphatic heterocycles. The van der Waals surface area contributed by atoms with Gasteiger partial charge in [-0.15, -0.1) is 0 Å². The molecule has 4 rings (SSSR count). The van der Waals surface area contributed by atoms with Crippen molar-refractivity contribution in [3.63, 3.8) is 0 Å². The Morgan fingerprint density at radius 3 is 1.32 bits per heavy atom. The number of hydrogen-bond acceptors (Lipinski definition) is 2. The Morgan fingerprint density at radius 1 is 0.464 bits per heavy atom. The van der Waals surface area contributed by atoms with E-state index >= 15 is 0 Å². The zero-order chi connectivity index (χ0) is 19.0. The minimum atomic E-state index is 0.685. The van der Waals surface area contributed by atoms with Gasteiger partial charge in [-0.25, -0.2) is 0 Å². The summed E-state index contributed by atoms with van der Waals surface area (Å²) in [5, 5.41) is 2.54. The van der Waals surface area contributed by atoms with Crippen LogP contribution < -0.4 is 9.47 Å². The summed E-state index contributed by atoms with van der Waals surface area (Å²) in [6.45, 7) is 1.37. The van der Waals surface area contributed by atoms with E-state index in [1.54, 1.807) is 0 Å². The molecule has 4 aromatic carbocycles. The van der Waals surface area contributed by atoms with Gasteiger partial charge in [0.05, 0.1) is 13.2 Å². The Bertz CT molecular complexity index is 925. The van der Waals surface area contributed by atoms with Crippen molar-refractivity contribution in [2.45, 2.75) is 12.8 Å². The minimum absolute atomic E-state index is 0.685. The van der Waals surface area contributed by atoms with E-state index in [1.165, 1.54) is 21.9 Å². The summed E-state index contributed by atoms with van der Waals surface area (Å²) in [4.78, 5) is 0. The largest absolute Gasteiger partial charge is 0.493 e. The SMILES string of the molecule is c1ccc(OCCc2ccc3cc(CCOc4ccccc4)ccc3c2)cc1. The molecule has 140 valence electrons. The fourth-order valence-corrected chi connectivity index (χ4v) is 3.26. The van der Waals surface area contributed by atoms with Crippen LogP contribution in [0.25, 0.3) is 10.8 Å². The molecule has 0 aliphatic carbocycles. The molecule has 0 aliphatic rings. The summed E-state index contributed by atoms with van der Waals surface area (Å²) in [6.07, 6.45) is 1.80. The topological polar surface area (TPSA) is 18.5 Å². The third-order valence-corrected chi connectivity index (χ3v) is 4.77. The molecule has 0 N–H and O–H groups in total. The van der Waals surface area contributed by atoms with Crippen LogP contribution in [0.5, 0.6) is 11.5 Å². The first-order valence-corrected chi connectivity index (χ1v) is 9.74. The Labute approximate surface area is 166 Å². The second kappa shape index (κ2) is 9.09. The average Bonchev–Trinajstić information content (AvgIpc) is 2.75. The van der Waals surface area contributed by atoms with E-state index < -0.39 is 0 Å². The summed E-state index contributed by atoms with van der Waals surface area (Å²) in [7, 11) is 0. The highest BCUT2D eigenvalue weighted by atomic mass is 16.5. The predicted octanol–water partition coefficient (Wildman–Crippen LogP) is 6.08. The Morgan fingerprint density at radius 2 is 0.893 bits per heavy atom. The molecule has 2 heteroatoms. The lowest BCUT2D eigenvalue weighted by molar-refractivity contribution is 0.322. The molecular weight excluding hydrogens is 344 g/mol. The van der Waals surface area contributed by atoms with E-state index in [0.29, 0.717) is 13.2 Å². The molecule has 0 saturated heterocycles. The lowest BCUT2D eigenvalue weighted by Gasteiger charge is -2.09. The normalized spacial score (nSPS) is 10.7. The van der Waals surface area contributed by atoms with Gasteiger partial charge in [-0.1, -0.05) is 72.8 Å². The van der Waals surface area contributed by atoms with Crippen molar-refractivity contribution in [1.82, 2.24) is 0 Å². The van der Waals surface area contributed by atoms with Gasteiger partial charge in [-0.3, -0.25) is 0 Å². The van der Waals surface area contributed by atoms with Crippen LogP contribution in [0.15, 0.2) is 97.1 Å². The van der Waals surface area contributed by atoms with Crippen molar-refractivity contribution in [2.75, 3.05) is 13.2 Å². The average molecular weight is 368 g/mol. The number of para-hydroxylation sites is 2. The molecule has 4 aromatic rings. The maximum Gasteiger partial charge on any atom is 0.119 e. The molecule has 0 spiro atoms. The van der Waals surface area contributed by atoms with E-state index in [2.05, 4.69) is 36.4 Å². The molecule has 0 heterocycles. The Kier molecular flexibility index (Phi) is 5.89. The number of rotatable bonds is 8. The number of hydrogen-bond donors (Lipinski definition) is 0. The van der Waals surface area contributed by atoms with Crippen LogP contribution in [0.4, 0.5) is 0 Å². The smallest absolute Gasteiger partial charge is 0.119 e. The van der Waals surface area contributed by atoms with Gasteiger partial charge >= 0.3 is 0 Å². The van der Waals surface area contributed by atoms with E-state index in [1.807, 2.05) is 60.7 Å². The zero-order valence-electron chi connectivity index (χ0n) is 15.9. The number of benzene rings is 4. The summed E-state index contributed by atoms with van der Waals surface area (Å²) in [6, 6.07) is 33.2. The highest BCUT2D eigenvalue weighted by Gasteiger charge is 2.01. The molecular formula is C26H24O2. The fourth-order valence-electron chi connectivity index (χ4n) is 3.26. The fraction of sp³-hybridized carbons (Fsp3) is 0.154. The van der Waals surface area contributed by atoms with Crippen LogP contribution in [0, 0.1) is 0 Å². The van der Waals surface area contributed by atoms with Crippen LogP contribution in [-0.2, 0) is 12.8 Å². The Balaban J connectivity index is 1.33. The summed E-state index contributed by atoms with van der Waals surface area (Å²) >= 11 is 0. The molecule has 0 atom stereocenters. The van der Waals surface area contributed by atoms with Crippen LogP contribution in [0.1, 0.15) is 11.1 Å². The third kappa shape index (κ3) is 4.92. The highest BCUT2D eigenvalue weighted by Crippen LogP contribution is 2.19. The second-order valence-electron chi connectivity index (χ2n) is 6.84. The lowest BCUT2D eigenvalue weighted by Crippen LogP contribution is -2.02. The number of fused-ring (bicyclic) bond motifs is 1. The van der Waals surface area contributed by atoms with E-state index in [0.717, 1.165) is 24.3 Å². The van der Waals surface area contributed by atoms with Gasteiger partial charge in [0.25, 0.3) is 0 Å². The van der Waals surface area contributed by atoms with Gasteiger partial charge in [-0.2, -0.15) is 0 Å². The number of ether oxygens (including phenoxy) is 2. The van der Waals surface area contributed by atoms with Gasteiger partial charge in [0.15, 0.2) is 0 Å². The zero-order valence-corrected chi connectivity index (χ0v) is 15.9. The first-order valence-electron chi connectivity index (χ1n) is 9.74. The molecule has 0 radical (unpaired) electrons. The van der Waals surface area contributed by atoms with E-state index in [4.69, 9.17) is 9.47 Å². The quantitative estimate of drug-likeness (QED) is 0.375. The monoisotopic (exact) mass is 368 g/mol. The molecule has 0 aromatic heterocycles. The molecule has 0 unspecified atom stereocenters. The first kappa shape index (κ1) is 18.1. The van der Waals surface area contributed by atoms with Gasteiger partial charge in [0.1, 0.15) is 11.5 Å². The van der Waals surface area contributed by atoms with Crippen LogP contribution in [-0.4, -0.2) is 13.2 Å². The highest BCUT2D eigenvalue weighted by molar-refractivity contribution is 5.83. The van der Waals surface area contributed by atoms with E-state index in [9.17, 15) is 0 Å². The Hall–Kier alpha value is -3.26. The third-order valence-electron chi connectivity index (χ3n) is 4.77. The predicted molar refractivity (Wildman–Crippen MR) is 115 cm³/mol. The minimum Gasteiger partial charge on any atom is -0.493 e. The van der Waals surface area contributed by atoms with Gasteiger partial charge in [0, 0.05) is 12.8 Å². The van der Waals surface area contributed by atoms with Crippen molar-refractivity contribution in [1.29, 1.82) is 0 Å². The van der Waals surface area contributed by atoms with E-state index in [-0.39, 0.29) is 0 Å². The summed E-state index contributed by atoms with van der Waals surface area (Å²) in [5.74, 6) is 1.84. The maximum absolute atomic E-state index is 5.81. The van der Waals surface area contributed by atoms with Crippen molar-refractivity contribution in [3.05, 3.63) is 108 Å². The van der Waals surface area contributed by atoms with Crippen LogP contribution in [0.3, 0.4) is 0 Å². The summed E-state index contributed by atoms with van der Waals surface area (Å²) < 4.78 is 11.6. The molecule has 0 bridgehead atoms. The first-order chi connectivity index (χ1) is 13.9. The van der Waals surface area contributed by atoms with Gasteiger partial charge < -0.3 is 9.47 Å². The van der Waals surface area contributed by atoms with Crippen LogP contribution >= 0.6 is 0 Å². The molecule has 0 saturated carbocycles. The second-order valence-corrected chi connectivity index (χ2v) is 6.84. The van der Waals surface area contributed by atoms with Crippen molar-refractivity contribution in [2.24, 2.45) is 0 Å². The van der Waals surface area contributed by atoms with Crippen molar-refractivity contribution in [3.8, 4) is 11.5 Å². The van der Waals surface area contributed by atoms with Crippen LogP contribution in [0.2, 0.25) is 0 Å². The van der Waals surface area contributed by atoms with Gasteiger partial charge in [0.2, 0.25) is 0 Å². The molecule has 0 amide bonds. The van der Waals surface area contributed by atoms with Gasteiger partial charge in [-0.05, 0) is 46.2 Å². The molecule has 0 fully saturated rings. The lowest BCUT2D eigenvalue weighted by atomic mass is 10.0. The molecule has 2 nitrogen and oxygen atoms in total. The maximum atomic E-state index is 5.81. The molecule has 28 heavy (non-hydrogen) atoms. The van der Waals surface area contributed by atoms with Crippen molar-refractivity contribution >= 4 is 10.8 Å². The standard InChI is InChI=1S/C26H24O2/c1-3-7-25(8-4-1)27-17-15-21-11-13-24-20-22(12-14-23(24)19-21)16-18-28-26-9-5-2-6-10-26/h1-14,19-20H,15-18H2. The van der Waals surface area contributed by atoms with Crippen molar-refractivity contribution < 1.29 is 9.47 Å².